The lowest BCUT2D eigenvalue weighted by Crippen LogP contribution is -2.19. The first kappa shape index (κ1) is 21.1. The highest BCUT2D eigenvalue weighted by Gasteiger charge is 2.21. The Kier molecular flexibility index (Phi) is 8.45. The van der Waals surface area contributed by atoms with E-state index in [4.69, 9.17) is 4.74 Å². The Morgan fingerprint density at radius 3 is 2.56 bits per heavy atom. The van der Waals surface area contributed by atoms with Crippen molar-refractivity contribution in [3.05, 3.63) is 35.3 Å². The molecule has 1 aromatic carbocycles. The maximum absolute atomic E-state index is 12.3. The van der Waals surface area contributed by atoms with Crippen LogP contribution in [0.5, 0.6) is 5.75 Å². The average molecular weight is 390 g/mol. The fraction of sp³-hybridized carbons (Fsp3) is 0.476. The van der Waals surface area contributed by atoms with Crippen LogP contribution in [-0.2, 0) is 16.0 Å². The molecule has 1 aromatic heterocycles. The van der Waals surface area contributed by atoms with Gasteiger partial charge in [-0.05, 0) is 37.6 Å². The first-order valence-corrected chi connectivity index (χ1v) is 10.3. The Hall–Kier alpha value is -2.21. The number of hydrogen-bond donors (Lipinski definition) is 1. The van der Waals surface area contributed by atoms with E-state index in [1.807, 2.05) is 36.6 Å². The Morgan fingerprint density at radius 2 is 1.93 bits per heavy atom. The van der Waals surface area contributed by atoms with Crippen LogP contribution in [0.1, 0.15) is 51.6 Å². The van der Waals surface area contributed by atoms with Crippen LogP contribution in [0, 0.1) is 5.92 Å². The molecule has 0 aliphatic rings. The highest BCUT2D eigenvalue weighted by Crippen LogP contribution is 2.26. The SMILES string of the molecule is CCCCCC(CC(=O)Cc1csc(-c2ccc(OCC)cc2)n1)C(=O)O. The molecule has 0 radical (unpaired) electrons. The van der Waals surface area contributed by atoms with Gasteiger partial charge in [-0.2, -0.15) is 0 Å². The van der Waals surface area contributed by atoms with Crippen molar-refractivity contribution in [1.29, 1.82) is 0 Å². The summed E-state index contributed by atoms with van der Waals surface area (Å²) >= 11 is 1.49. The summed E-state index contributed by atoms with van der Waals surface area (Å²) in [7, 11) is 0. The van der Waals surface area contributed by atoms with E-state index in [1.165, 1.54) is 11.3 Å². The van der Waals surface area contributed by atoms with Crippen LogP contribution in [-0.4, -0.2) is 28.4 Å². The van der Waals surface area contributed by atoms with Gasteiger partial charge in [-0.1, -0.05) is 26.2 Å². The van der Waals surface area contributed by atoms with Crippen LogP contribution < -0.4 is 4.74 Å². The van der Waals surface area contributed by atoms with Crippen LogP contribution >= 0.6 is 11.3 Å². The fourth-order valence-corrected chi connectivity index (χ4v) is 3.71. The lowest BCUT2D eigenvalue weighted by atomic mass is 9.94. The number of nitrogens with zero attached hydrogens (tertiary/aromatic N) is 1. The van der Waals surface area contributed by atoms with Gasteiger partial charge in [0.25, 0.3) is 0 Å². The monoisotopic (exact) mass is 389 g/mol. The van der Waals surface area contributed by atoms with E-state index in [9.17, 15) is 14.7 Å². The fourth-order valence-electron chi connectivity index (χ4n) is 2.88. The van der Waals surface area contributed by atoms with Crippen molar-refractivity contribution in [2.75, 3.05) is 6.61 Å². The van der Waals surface area contributed by atoms with Gasteiger partial charge in [0.1, 0.15) is 16.5 Å². The highest BCUT2D eigenvalue weighted by molar-refractivity contribution is 7.13. The van der Waals surface area contributed by atoms with Gasteiger partial charge in [0.05, 0.1) is 18.2 Å². The minimum absolute atomic E-state index is 0.0672. The second kappa shape index (κ2) is 10.8. The zero-order valence-electron chi connectivity index (χ0n) is 15.9. The minimum atomic E-state index is -0.882. The number of ether oxygens (including phenoxy) is 1. The minimum Gasteiger partial charge on any atom is -0.494 e. The Balaban J connectivity index is 1.93. The van der Waals surface area contributed by atoms with Crippen molar-refractivity contribution in [3.8, 4) is 16.3 Å². The van der Waals surface area contributed by atoms with Gasteiger partial charge >= 0.3 is 5.97 Å². The van der Waals surface area contributed by atoms with Gasteiger partial charge in [0.15, 0.2) is 0 Å². The molecular formula is C21H27NO4S. The molecule has 0 saturated heterocycles. The summed E-state index contributed by atoms with van der Waals surface area (Å²) in [5.41, 5.74) is 1.68. The van der Waals surface area contributed by atoms with E-state index in [-0.39, 0.29) is 18.6 Å². The molecule has 1 atom stereocenters. The number of carboxylic acids is 1. The number of benzene rings is 1. The zero-order chi connectivity index (χ0) is 19.6. The predicted octanol–water partition coefficient (Wildman–Crippen LogP) is 4.99. The number of aromatic nitrogens is 1. The van der Waals surface area contributed by atoms with E-state index in [0.29, 0.717) is 18.7 Å². The number of rotatable bonds is 12. The number of ketones is 1. The summed E-state index contributed by atoms with van der Waals surface area (Å²) in [4.78, 5) is 28.2. The van der Waals surface area contributed by atoms with Crippen LogP contribution in [0.25, 0.3) is 10.6 Å². The third-order valence-corrected chi connectivity index (χ3v) is 5.26. The van der Waals surface area contributed by atoms with E-state index >= 15 is 0 Å². The van der Waals surface area contributed by atoms with Crippen LogP contribution in [0.15, 0.2) is 29.6 Å². The molecule has 0 bridgehead atoms. The molecule has 0 aliphatic carbocycles. The number of carbonyl (C=O) groups excluding carboxylic acids is 1. The summed E-state index contributed by atoms with van der Waals surface area (Å²) < 4.78 is 5.44. The summed E-state index contributed by atoms with van der Waals surface area (Å²) in [6.07, 6.45) is 3.70. The first-order chi connectivity index (χ1) is 13.0. The van der Waals surface area contributed by atoms with E-state index in [1.54, 1.807) is 0 Å². The van der Waals surface area contributed by atoms with Crippen molar-refractivity contribution in [3.63, 3.8) is 0 Å². The number of thiazole rings is 1. The number of unbranched alkanes of at least 4 members (excludes halogenated alkanes) is 2. The number of hydrogen-bond acceptors (Lipinski definition) is 5. The van der Waals surface area contributed by atoms with Gasteiger partial charge in [-0.3, -0.25) is 9.59 Å². The third-order valence-electron chi connectivity index (χ3n) is 4.32. The lowest BCUT2D eigenvalue weighted by molar-refractivity contribution is -0.144. The van der Waals surface area contributed by atoms with Crippen LogP contribution in [0.2, 0.25) is 0 Å². The zero-order valence-corrected chi connectivity index (χ0v) is 16.8. The molecule has 0 fully saturated rings. The van der Waals surface area contributed by atoms with E-state index < -0.39 is 11.9 Å². The van der Waals surface area contributed by atoms with Crippen molar-refractivity contribution in [1.82, 2.24) is 4.98 Å². The molecule has 0 amide bonds. The average Bonchev–Trinajstić information content (AvgIpc) is 3.10. The third kappa shape index (κ3) is 6.79. The molecule has 146 valence electrons. The van der Waals surface area contributed by atoms with Gasteiger partial charge in [0.2, 0.25) is 0 Å². The molecule has 5 nitrogen and oxygen atoms in total. The molecule has 2 rings (SSSR count). The predicted molar refractivity (Wildman–Crippen MR) is 107 cm³/mol. The second-order valence-electron chi connectivity index (χ2n) is 6.55. The molecule has 1 unspecified atom stereocenters. The van der Waals surface area contributed by atoms with Gasteiger partial charge in [-0.15, -0.1) is 11.3 Å². The standard InChI is InChI=1S/C21H27NO4S/c1-3-5-6-7-16(21(24)25)12-18(23)13-17-14-27-20(22-17)15-8-10-19(11-9-15)26-4-2/h8-11,14,16H,3-7,12-13H2,1-2H3,(H,24,25). The molecule has 27 heavy (non-hydrogen) atoms. The highest BCUT2D eigenvalue weighted by atomic mass is 32.1. The number of aliphatic carboxylic acids is 1. The summed E-state index contributed by atoms with van der Waals surface area (Å²) in [5, 5.41) is 12.0. The second-order valence-corrected chi connectivity index (χ2v) is 7.41. The molecule has 0 saturated carbocycles. The van der Waals surface area contributed by atoms with Crippen LogP contribution in [0.3, 0.4) is 0 Å². The molecule has 6 heteroatoms. The summed E-state index contributed by atoms with van der Waals surface area (Å²) in [6, 6.07) is 7.70. The topological polar surface area (TPSA) is 76.5 Å². The first-order valence-electron chi connectivity index (χ1n) is 9.45. The Bertz CT molecular complexity index is 739. The largest absolute Gasteiger partial charge is 0.494 e. The van der Waals surface area contributed by atoms with Gasteiger partial charge in [0, 0.05) is 23.8 Å². The van der Waals surface area contributed by atoms with Crippen molar-refractivity contribution in [2.45, 2.75) is 52.4 Å². The molecule has 0 aliphatic heterocycles. The summed E-state index contributed by atoms with van der Waals surface area (Å²) in [5.74, 6) is -0.723. The molecule has 1 heterocycles. The normalized spacial score (nSPS) is 11.9. The maximum atomic E-state index is 12.3. The van der Waals surface area contributed by atoms with Crippen molar-refractivity contribution < 1.29 is 19.4 Å². The van der Waals surface area contributed by atoms with Crippen molar-refractivity contribution >= 4 is 23.1 Å². The Morgan fingerprint density at radius 1 is 1.19 bits per heavy atom. The van der Waals surface area contributed by atoms with E-state index in [0.717, 1.165) is 35.6 Å². The smallest absolute Gasteiger partial charge is 0.306 e. The maximum Gasteiger partial charge on any atom is 0.306 e. The van der Waals surface area contributed by atoms with E-state index in [2.05, 4.69) is 11.9 Å². The molecule has 0 spiro atoms. The molecular weight excluding hydrogens is 362 g/mol. The quantitative estimate of drug-likeness (QED) is 0.517. The summed E-state index contributed by atoms with van der Waals surface area (Å²) in [6.45, 7) is 4.64. The number of Topliss-reactive ketones (excluding diaryl/α,β-unsaturated/α-hetero) is 1. The molecule has 1 N–H and O–H groups in total. The number of carboxylic acid groups (broad SMARTS) is 1. The van der Waals surface area contributed by atoms with Crippen LogP contribution in [0.4, 0.5) is 0 Å². The molecule has 2 aromatic rings. The van der Waals surface area contributed by atoms with Gasteiger partial charge in [-0.25, -0.2) is 4.98 Å². The lowest BCUT2D eigenvalue weighted by Gasteiger charge is -2.10. The van der Waals surface area contributed by atoms with Gasteiger partial charge < -0.3 is 9.84 Å². The van der Waals surface area contributed by atoms with Crippen molar-refractivity contribution in [2.24, 2.45) is 5.92 Å². The Labute approximate surface area is 164 Å². The number of carbonyl (C=O) groups is 2.